The van der Waals surface area contributed by atoms with Crippen LogP contribution in [0.3, 0.4) is 0 Å². The van der Waals surface area contributed by atoms with E-state index in [0.29, 0.717) is 0 Å². The fourth-order valence-electron chi connectivity index (χ4n) is 0.385. The van der Waals surface area contributed by atoms with Crippen LogP contribution >= 0.6 is 0 Å². The summed E-state index contributed by atoms with van der Waals surface area (Å²) in [6.07, 6.45) is 0. The molecule has 0 unspecified atom stereocenters. The van der Waals surface area contributed by atoms with Crippen LogP contribution in [0, 0.1) is 0 Å². The first-order valence-electron chi connectivity index (χ1n) is 3.31. The van der Waals surface area contributed by atoms with E-state index in [1.165, 1.54) is 0 Å². The fourth-order valence-corrected chi connectivity index (χ4v) is 0.385. The van der Waals surface area contributed by atoms with Crippen LogP contribution in [0.15, 0.2) is 36.4 Å². The normalized spacial score (nSPS) is 6.36. The van der Waals surface area contributed by atoms with Crippen molar-refractivity contribution in [1.29, 1.82) is 0 Å². The predicted octanol–water partition coefficient (Wildman–Crippen LogP) is 1.50. The molecule has 1 aromatic carbocycles. The largest absolute Gasteiger partial charge is 0.397 e. The molecule has 0 aliphatic carbocycles. The Kier molecular flexibility index (Phi) is 18.1. The zero-order chi connectivity index (χ0) is 8.95. The van der Waals surface area contributed by atoms with Crippen LogP contribution in [0.25, 0.3) is 0 Å². The molecule has 1 rings (SSSR count). The summed E-state index contributed by atoms with van der Waals surface area (Å²) in [5.41, 5.74) is 0. The summed E-state index contributed by atoms with van der Waals surface area (Å²) in [5.74, 6) is 0. The van der Waals surface area contributed by atoms with Gasteiger partial charge in [-0.2, -0.15) is 0 Å². The summed E-state index contributed by atoms with van der Waals surface area (Å²) >= 11 is 0. The Morgan fingerprint density at radius 3 is 1.18 bits per heavy atom. The maximum Gasteiger partial charge on any atom is 0.106 e. The molecule has 11 heavy (non-hydrogen) atoms. The fraction of sp³-hybridized carbons (Fsp3) is 0.222. The van der Waals surface area contributed by atoms with Gasteiger partial charge in [-0.3, -0.25) is 0 Å². The first kappa shape index (κ1) is 12.5. The summed E-state index contributed by atoms with van der Waals surface area (Å²) in [6.45, 7) is 3.93. The van der Waals surface area contributed by atoms with Crippen LogP contribution in [0.2, 0.25) is 0 Å². The van der Waals surface area contributed by atoms with E-state index in [9.17, 15) is 0 Å². The first-order valence-corrected chi connectivity index (χ1v) is 3.31. The van der Waals surface area contributed by atoms with E-state index in [2.05, 4.69) is 0 Å². The van der Waals surface area contributed by atoms with Gasteiger partial charge in [0.15, 0.2) is 0 Å². The number of aliphatic hydroxyl groups excluding tert-OH is 1. The van der Waals surface area contributed by atoms with Gasteiger partial charge in [0.25, 0.3) is 0 Å². The van der Waals surface area contributed by atoms with Crippen molar-refractivity contribution in [2.24, 2.45) is 0 Å². The molecule has 2 nitrogen and oxygen atoms in total. The van der Waals surface area contributed by atoms with Crippen molar-refractivity contribution in [3.8, 4) is 0 Å². The van der Waals surface area contributed by atoms with Crippen molar-refractivity contribution in [2.75, 3.05) is 6.61 Å². The lowest BCUT2D eigenvalue weighted by atomic mass is 10.4. The van der Waals surface area contributed by atoms with Gasteiger partial charge in [0.2, 0.25) is 0 Å². The first-order chi connectivity index (χ1) is 5.41. The average molecular weight is 154 g/mol. The average Bonchev–Trinajstić information content (AvgIpc) is 2.12. The SMILES string of the molecule is C=O.CCO.c1ccccc1. The Hall–Kier alpha value is -1.15. The van der Waals surface area contributed by atoms with Gasteiger partial charge in [-0.25, -0.2) is 0 Å². The van der Waals surface area contributed by atoms with Crippen molar-refractivity contribution in [2.45, 2.75) is 6.92 Å². The monoisotopic (exact) mass is 154 g/mol. The zero-order valence-electron chi connectivity index (χ0n) is 6.73. The van der Waals surface area contributed by atoms with Crippen molar-refractivity contribution in [1.82, 2.24) is 0 Å². The highest BCUT2D eigenvalue weighted by Crippen LogP contribution is 1.79. The van der Waals surface area contributed by atoms with E-state index in [1.807, 2.05) is 43.2 Å². The number of rotatable bonds is 0. The van der Waals surface area contributed by atoms with Crippen LogP contribution in [-0.2, 0) is 4.79 Å². The number of hydrogen-bond acceptors (Lipinski definition) is 2. The lowest BCUT2D eigenvalue weighted by Crippen LogP contribution is -1.57. The maximum atomic E-state index is 8.00. The van der Waals surface area contributed by atoms with Crippen LogP contribution in [0.1, 0.15) is 6.92 Å². The minimum absolute atomic E-state index is 0.250. The molecule has 1 aromatic rings. The van der Waals surface area contributed by atoms with Crippen molar-refractivity contribution >= 4 is 6.79 Å². The number of carbonyl (C=O) groups excluding carboxylic acids is 1. The second-order valence-corrected chi connectivity index (χ2v) is 1.47. The van der Waals surface area contributed by atoms with Crippen molar-refractivity contribution in [3.63, 3.8) is 0 Å². The summed E-state index contributed by atoms with van der Waals surface area (Å²) < 4.78 is 0. The molecule has 0 saturated carbocycles. The van der Waals surface area contributed by atoms with Crippen LogP contribution in [0.4, 0.5) is 0 Å². The molecule has 0 aliphatic heterocycles. The van der Waals surface area contributed by atoms with Gasteiger partial charge >= 0.3 is 0 Å². The standard InChI is InChI=1S/C6H6.C2H6O.CH2O/c1-2-4-6-5-3-1;1-2-3;1-2/h1-6H;3H,2H2,1H3;1H2. The zero-order valence-corrected chi connectivity index (χ0v) is 6.73. The van der Waals surface area contributed by atoms with E-state index in [-0.39, 0.29) is 6.61 Å². The van der Waals surface area contributed by atoms with E-state index in [1.54, 1.807) is 6.92 Å². The lowest BCUT2D eigenvalue weighted by molar-refractivity contribution is -0.0979. The Balaban J connectivity index is 0. The van der Waals surface area contributed by atoms with E-state index < -0.39 is 0 Å². The molecule has 62 valence electrons. The summed E-state index contributed by atoms with van der Waals surface area (Å²) in [4.78, 5) is 8.00. The summed E-state index contributed by atoms with van der Waals surface area (Å²) in [6, 6.07) is 12.0. The predicted molar refractivity (Wildman–Crippen MR) is 46.3 cm³/mol. The van der Waals surface area contributed by atoms with Gasteiger partial charge in [0, 0.05) is 6.61 Å². The summed E-state index contributed by atoms with van der Waals surface area (Å²) in [7, 11) is 0. The Labute approximate surface area is 67.5 Å². The molecule has 1 N–H and O–H groups in total. The second kappa shape index (κ2) is 15.9. The van der Waals surface area contributed by atoms with Gasteiger partial charge in [0.05, 0.1) is 0 Å². The Bertz CT molecular complexity index is 102. The molecule has 0 aliphatic rings. The Morgan fingerprint density at radius 2 is 1.09 bits per heavy atom. The number of aliphatic hydroxyl groups is 1. The highest BCUT2D eigenvalue weighted by Gasteiger charge is 1.57. The molecule has 0 atom stereocenters. The number of benzene rings is 1. The third-order valence-electron chi connectivity index (χ3n) is 0.667. The van der Waals surface area contributed by atoms with Gasteiger partial charge in [-0.1, -0.05) is 36.4 Å². The smallest absolute Gasteiger partial charge is 0.106 e. The minimum atomic E-state index is 0.250. The van der Waals surface area contributed by atoms with E-state index in [0.717, 1.165) is 0 Å². The lowest BCUT2D eigenvalue weighted by Gasteiger charge is -1.69. The maximum absolute atomic E-state index is 8.00. The number of carbonyl (C=O) groups is 1. The van der Waals surface area contributed by atoms with Crippen molar-refractivity contribution < 1.29 is 9.90 Å². The second-order valence-electron chi connectivity index (χ2n) is 1.47. The molecule has 0 aromatic heterocycles. The van der Waals surface area contributed by atoms with Crippen molar-refractivity contribution in [3.05, 3.63) is 36.4 Å². The molecule has 0 saturated heterocycles. The third kappa shape index (κ3) is 17.7. The molecule has 0 fully saturated rings. The third-order valence-corrected chi connectivity index (χ3v) is 0.667. The van der Waals surface area contributed by atoms with Gasteiger partial charge in [-0.05, 0) is 6.92 Å². The van der Waals surface area contributed by atoms with Gasteiger partial charge in [0.1, 0.15) is 6.79 Å². The highest BCUT2D eigenvalue weighted by molar-refractivity contribution is 5.11. The molecule has 0 bridgehead atoms. The van der Waals surface area contributed by atoms with E-state index in [4.69, 9.17) is 9.90 Å². The summed E-state index contributed by atoms with van der Waals surface area (Å²) in [5, 5.41) is 7.57. The van der Waals surface area contributed by atoms with Crippen LogP contribution in [0.5, 0.6) is 0 Å². The molecular weight excluding hydrogens is 140 g/mol. The van der Waals surface area contributed by atoms with Gasteiger partial charge in [-0.15, -0.1) is 0 Å². The molecule has 0 amide bonds. The topological polar surface area (TPSA) is 37.3 Å². The molecule has 0 spiro atoms. The Morgan fingerprint density at radius 1 is 1.00 bits per heavy atom. The van der Waals surface area contributed by atoms with Gasteiger partial charge < -0.3 is 9.90 Å². The highest BCUT2D eigenvalue weighted by atomic mass is 16.2. The van der Waals surface area contributed by atoms with Crippen LogP contribution in [-0.4, -0.2) is 18.5 Å². The van der Waals surface area contributed by atoms with E-state index >= 15 is 0 Å². The minimum Gasteiger partial charge on any atom is -0.397 e. The van der Waals surface area contributed by atoms with Crippen LogP contribution < -0.4 is 0 Å². The molecule has 2 heteroatoms. The molecule has 0 radical (unpaired) electrons. The number of hydrogen-bond donors (Lipinski definition) is 1. The molecular formula is C9H14O2. The molecule has 0 heterocycles. The quantitative estimate of drug-likeness (QED) is 0.615.